The van der Waals surface area contributed by atoms with Gasteiger partial charge in [0.2, 0.25) is 0 Å². The zero-order valence-electron chi connectivity index (χ0n) is 11.9. The van der Waals surface area contributed by atoms with E-state index in [1.165, 1.54) is 0 Å². The fourth-order valence-corrected chi connectivity index (χ4v) is 1.95. The molecule has 0 bridgehead atoms. The molecule has 20 heavy (non-hydrogen) atoms. The molecule has 0 saturated heterocycles. The maximum absolute atomic E-state index is 11.2. The molecular weight excluding hydrogens is 256 g/mol. The molecule has 0 radical (unpaired) electrons. The van der Waals surface area contributed by atoms with Crippen molar-refractivity contribution in [3.05, 3.63) is 29.7 Å². The Morgan fingerprint density at radius 1 is 1.50 bits per heavy atom. The van der Waals surface area contributed by atoms with Gasteiger partial charge in [-0.15, -0.1) is 0 Å². The summed E-state index contributed by atoms with van der Waals surface area (Å²) < 4.78 is 6.65. The van der Waals surface area contributed by atoms with Gasteiger partial charge in [0, 0.05) is 37.0 Å². The van der Waals surface area contributed by atoms with E-state index in [-0.39, 0.29) is 5.97 Å². The van der Waals surface area contributed by atoms with Crippen LogP contribution in [0.1, 0.15) is 31.0 Å². The monoisotopic (exact) mass is 276 g/mol. The SMILES string of the molecule is CCOC(=O)CCCNCc1cnc2cc(C)nn2c1. The van der Waals surface area contributed by atoms with E-state index in [0.717, 1.165) is 29.9 Å². The van der Waals surface area contributed by atoms with Gasteiger partial charge in [-0.1, -0.05) is 0 Å². The smallest absolute Gasteiger partial charge is 0.305 e. The summed E-state index contributed by atoms with van der Waals surface area (Å²) in [6.45, 7) is 5.69. The molecule has 0 aromatic carbocycles. The molecule has 108 valence electrons. The minimum atomic E-state index is -0.135. The molecule has 0 atom stereocenters. The first-order valence-corrected chi connectivity index (χ1v) is 6.86. The summed E-state index contributed by atoms with van der Waals surface area (Å²) in [6, 6.07) is 1.94. The quantitative estimate of drug-likeness (QED) is 0.612. The maximum Gasteiger partial charge on any atom is 0.305 e. The van der Waals surface area contributed by atoms with Crippen molar-refractivity contribution < 1.29 is 9.53 Å². The topological polar surface area (TPSA) is 68.5 Å². The highest BCUT2D eigenvalue weighted by atomic mass is 16.5. The van der Waals surface area contributed by atoms with Crippen molar-refractivity contribution in [2.75, 3.05) is 13.2 Å². The Labute approximate surface area is 118 Å². The minimum Gasteiger partial charge on any atom is -0.466 e. The molecule has 0 spiro atoms. The van der Waals surface area contributed by atoms with Gasteiger partial charge in [-0.3, -0.25) is 4.79 Å². The number of carbonyl (C=O) groups is 1. The van der Waals surface area contributed by atoms with Gasteiger partial charge in [0.15, 0.2) is 5.65 Å². The number of aryl methyl sites for hydroxylation is 1. The Hall–Kier alpha value is -1.95. The molecular formula is C14H20N4O2. The summed E-state index contributed by atoms with van der Waals surface area (Å²) in [5.74, 6) is -0.135. The van der Waals surface area contributed by atoms with E-state index in [1.807, 2.05) is 32.3 Å². The third kappa shape index (κ3) is 4.03. The van der Waals surface area contributed by atoms with E-state index in [2.05, 4.69) is 15.4 Å². The van der Waals surface area contributed by atoms with Crippen LogP contribution in [0.25, 0.3) is 5.65 Å². The number of esters is 1. The molecule has 2 rings (SSSR count). The van der Waals surface area contributed by atoms with Gasteiger partial charge < -0.3 is 10.1 Å². The summed E-state index contributed by atoms with van der Waals surface area (Å²) >= 11 is 0. The average molecular weight is 276 g/mol. The lowest BCUT2D eigenvalue weighted by molar-refractivity contribution is -0.143. The van der Waals surface area contributed by atoms with E-state index in [9.17, 15) is 4.79 Å². The van der Waals surface area contributed by atoms with E-state index in [0.29, 0.717) is 19.6 Å². The van der Waals surface area contributed by atoms with Gasteiger partial charge in [0.1, 0.15) is 0 Å². The second-order valence-corrected chi connectivity index (χ2v) is 4.64. The first-order chi connectivity index (χ1) is 9.69. The van der Waals surface area contributed by atoms with Crippen LogP contribution < -0.4 is 5.32 Å². The van der Waals surface area contributed by atoms with Crippen LogP contribution in [0.5, 0.6) is 0 Å². The normalized spacial score (nSPS) is 10.9. The van der Waals surface area contributed by atoms with Crippen molar-refractivity contribution in [2.45, 2.75) is 33.2 Å². The molecule has 1 N–H and O–H groups in total. The Morgan fingerprint density at radius 3 is 3.15 bits per heavy atom. The summed E-state index contributed by atoms with van der Waals surface area (Å²) in [6.07, 6.45) is 5.04. The first-order valence-electron chi connectivity index (χ1n) is 6.86. The summed E-state index contributed by atoms with van der Waals surface area (Å²) in [4.78, 5) is 15.5. The second kappa shape index (κ2) is 7.00. The van der Waals surface area contributed by atoms with Crippen LogP contribution in [0, 0.1) is 6.92 Å². The summed E-state index contributed by atoms with van der Waals surface area (Å²) in [5.41, 5.74) is 2.88. The third-order valence-electron chi connectivity index (χ3n) is 2.86. The molecule has 2 aromatic rings. The number of nitrogens with one attached hydrogen (secondary N) is 1. The van der Waals surface area contributed by atoms with Crippen LogP contribution in [0.2, 0.25) is 0 Å². The number of ether oxygens (including phenoxy) is 1. The lowest BCUT2D eigenvalue weighted by atomic mass is 10.3. The minimum absolute atomic E-state index is 0.135. The van der Waals surface area contributed by atoms with E-state index in [1.54, 1.807) is 4.52 Å². The molecule has 0 amide bonds. The van der Waals surface area contributed by atoms with Gasteiger partial charge in [0.25, 0.3) is 0 Å². The first kappa shape index (κ1) is 14.5. The second-order valence-electron chi connectivity index (χ2n) is 4.64. The maximum atomic E-state index is 11.2. The third-order valence-corrected chi connectivity index (χ3v) is 2.86. The van der Waals surface area contributed by atoms with E-state index >= 15 is 0 Å². The molecule has 2 aromatic heterocycles. The van der Waals surface area contributed by atoms with Crippen LogP contribution in [0.4, 0.5) is 0 Å². The number of carbonyl (C=O) groups excluding carboxylic acids is 1. The van der Waals surface area contributed by atoms with Crippen molar-refractivity contribution in [1.82, 2.24) is 19.9 Å². The Kier molecular flexibility index (Phi) is 5.06. The van der Waals surface area contributed by atoms with Gasteiger partial charge in [-0.2, -0.15) is 5.10 Å². The van der Waals surface area contributed by atoms with Gasteiger partial charge >= 0.3 is 5.97 Å². The molecule has 0 aliphatic rings. The number of aromatic nitrogens is 3. The Bertz CT molecular complexity index is 580. The highest BCUT2D eigenvalue weighted by Gasteiger charge is 2.02. The van der Waals surface area contributed by atoms with Crippen LogP contribution in [0.3, 0.4) is 0 Å². The van der Waals surface area contributed by atoms with Crippen molar-refractivity contribution in [3.63, 3.8) is 0 Å². The summed E-state index contributed by atoms with van der Waals surface area (Å²) in [5, 5.41) is 7.61. The van der Waals surface area contributed by atoms with Crippen molar-refractivity contribution in [3.8, 4) is 0 Å². The van der Waals surface area contributed by atoms with Crippen LogP contribution in [-0.2, 0) is 16.1 Å². The molecule has 2 heterocycles. The highest BCUT2D eigenvalue weighted by Crippen LogP contribution is 2.04. The molecule has 0 saturated carbocycles. The van der Waals surface area contributed by atoms with Gasteiger partial charge in [-0.25, -0.2) is 9.50 Å². The number of hydrogen-bond acceptors (Lipinski definition) is 5. The number of hydrogen-bond donors (Lipinski definition) is 1. The van der Waals surface area contributed by atoms with Crippen LogP contribution >= 0.6 is 0 Å². The number of fused-ring (bicyclic) bond motifs is 1. The number of nitrogens with zero attached hydrogens (tertiary/aromatic N) is 3. The predicted molar refractivity (Wildman–Crippen MR) is 75.3 cm³/mol. The highest BCUT2D eigenvalue weighted by molar-refractivity contribution is 5.69. The molecule has 0 aliphatic carbocycles. The predicted octanol–water partition coefficient (Wildman–Crippen LogP) is 1.47. The van der Waals surface area contributed by atoms with Crippen molar-refractivity contribution >= 4 is 11.6 Å². The zero-order chi connectivity index (χ0) is 14.4. The zero-order valence-corrected chi connectivity index (χ0v) is 11.9. The molecule has 0 fully saturated rings. The fraction of sp³-hybridized carbons (Fsp3) is 0.500. The van der Waals surface area contributed by atoms with E-state index in [4.69, 9.17) is 4.74 Å². The van der Waals surface area contributed by atoms with Gasteiger partial charge in [0.05, 0.1) is 12.3 Å². The van der Waals surface area contributed by atoms with Gasteiger partial charge in [-0.05, 0) is 26.8 Å². The van der Waals surface area contributed by atoms with Crippen LogP contribution in [-0.4, -0.2) is 33.7 Å². The summed E-state index contributed by atoms with van der Waals surface area (Å²) in [7, 11) is 0. The lowest BCUT2D eigenvalue weighted by Crippen LogP contribution is -2.17. The lowest BCUT2D eigenvalue weighted by Gasteiger charge is -2.05. The fourth-order valence-electron chi connectivity index (χ4n) is 1.95. The molecule has 0 aliphatic heterocycles. The van der Waals surface area contributed by atoms with Crippen molar-refractivity contribution in [1.29, 1.82) is 0 Å². The standard InChI is InChI=1S/C14H20N4O2/c1-3-20-14(19)5-4-6-15-8-12-9-16-13-7-11(2)17-18(13)10-12/h7,9-10,15H,3-6,8H2,1-2H3. The van der Waals surface area contributed by atoms with E-state index < -0.39 is 0 Å². The molecule has 6 nitrogen and oxygen atoms in total. The number of rotatable bonds is 7. The molecule has 0 unspecified atom stereocenters. The largest absolute Gasteiger partial charge is 0.466 e. The molecule has 6 heteroatoms. The Morgan fingerprint density at radius 2 is 2.35 bits per heavy atom. The van der Waals surface area contributed by atoms with Crippen LogP contribution in [0.15, 0.2) is 18.5 Å². The van der Waals surface area contributed by atoms with Crippen molar-refractivity contribution in [2.24, 2.45) is 0 Å². The average Bonchev–Trinajstić information content (AvgIpc) is 2.78. The Balaban J connectivity index is 1.74.